The van der Waals surface area contributed by atoms with Crippen molar-refractivity contribution < 1.29 is 17.9 Å². The zero-order valence-electron chi connectivity index (χ0n) is 8.38. The number of ether oxygens (including phenoxy) is 1. The van der Waals surface area contributed by atoms with E-state index in [0.717, 1.165) is 0 Å². The lowest BCUT2D eigenvalue weighted by molar-refractivity contribution is 0.0142. The van der Waals surface area contributed by atoms with E-state index in [4.69, 9.17) is 11.6 Å². The lowest BCUT2D eigenvalue weighted by atomic mass is 10.5. The van der Waals surface area contributed by atoms with Crippen molar-refractivity contribution >= 4 is 11.6 Å². The predicted octanol–water partition coefficient (Wildman–Crippen LogP) is 0.611. The van der Waals surface area contributed by atoms with Crippen molar-refractivity contribution in [2.75, 3.05) is 13.2 Å². The van der Waals surface area contributed by atoms with Gasteiger partial charge in [-0.05, 0) is 0 Å². The molecule has 0 fully saturated rings. The van der Waals surface area contributed by atoms with Gasteiger partial charge in [-0.25, -0.2) is 13.6 Å². The van der Waals surface area contributed by atoms with Gasteiger partial charge in [-0.15, -0.1) is 0 Å². The molecule has 1 heterocycles. The van der Waals surface area contributed by atoms with E-state index in [1.54, 1.807) is 0 Å². The van der Waals surface area contributed by atoms with Gasteiger partial charge in [0.25, 0.3) is 12.0 Å². The molecular weight excluding hydrogens is 265 g/mol. The normalized spacial score (nSPS) is 11.1. The third kappa shape index (κ3) is 3.60. The minimum absolute atomic E-state index is 0.311. The number of H-pyrrole nitrogens is 1. The van der Waals surface area contributed by atoms with E-state index in [-0.39, 0.29) is 13.2 Å². The molecule has 0 aliphatic carbocycles. The number of nitrogens with one attached hydrogen (secondary N) is 1. The van der Waals surface area contributed by atoms with Crippen molar-refractivity contribution in [1.29, 1.82) is 0 Å². The lowest BCUT2D eigenvalue weighted by Crippen LogP contribution is -2.38. The Hall–Kier alpha value is -1.28. The molecule has 9 heteroatoms. The SMILES string of the molecule is O=c1[nH]c(Cl)c(F)c(=O)n1CCOCC(F)F. The molecule has 0 atom stereocenters. The molecule has 0 amide bonds. The Bertz CT molecular complexity index is 500. The third-order valence-corrected chi connectivity index (χ3v) is 2.05. The minimum Gasteiger partial charge on any atom is -0.374 e. The number of aromatic amines is 1. The second-order valence-corrected chi connectivity index (χ2v) is 3.36. The highest BCUT2D eigenvalue weighted by molar-refractivity contribution is 6.29. The molecule has 0 radical (unpaired) electrons. The number of halogens is 4. The van der Waals surface area contributed by atoms with Crippen molar-refractivity contribution in [3.63, 3.8) is 0 Å². The van der Waals surface area contributed by atoms with Crippen LogP contribution in [-0.2, 0) is 11.3 Å². The van der Waals surface area contributed by atoms with Crippen molar-refractivity contribution in [2.45, 2.75) is 13.0 Å². The summed E-state index contributed by atoms with van der Waals surface area (Å²) in [7, 11) is 0. The molecular formula is C8H8ClF3N2O3. The first kappa shape index (κ1) is 13.8. The topological polar surface area (TPSA) is 64.1 Å². The maximum absolute atomic E-state index is 13.0. The van der Waals surface area contributed by atoms with Gasteiger partial charge in [-0.2, -0.15) is 4.39 Å². The van der Waals surface area contributed by atoms with Gasteiger partial charge in [0, 0.05) is 0 Å². The quantitative estimate of drug-likeness (QED) is 0.631. The van der Waals surface area contributed by atoms with Crippen molar-refractivity contribution in [1.82, 2.24) is 9.55 Å². The average Bonchev–Trinajstić information content (AvgIpc) is 2.24. The van der Waals surface area contributed by atoms with Gasteiger partial charge in [-0.3, -0.25) is 14.3 Å². The molecule has 0 saturated heterocycles. The predicted molar refractivity (Wildman–Crippen MR) is 53.1 cm³/mol. The monoisotopic (exact) mass is 272 g/mol. The number of hydrogen-bond donors (Lipinski definition) is 1. The van der Waals surface area contributed by atoms with Crippen LogP contribution in [0.3, 0.4) is 0 Å². The van der Waals surface area contributed by atoms with Crippen molar-refractivity contribution in [3.05, 3.63) is 31.8 Å². The molecule has 96 valence electrons. The average molecular weight is 273 g/mol. The molecule has 0 aromatic carbocycles. The highest BCUT2D eigenvalue weighted by atomic mass is 35.5. The van der Waals surface area contributed by atoms with Crippen LogP contribution < -0.4 is 11.2 Å². The molecule has 1 N–H and O–H groups in total. The van der Waals surface area contributed by atoms with Gasteiger partial charge in [-0.1, -0.05) is 11.6 Å². The van der Waals surface area contributed by atoms with Gasteiger partial charge in [0.15, 0.2) is 5.15 Å². The molecule has 5 nitrogen and oxygen atoms in total. The van der Waals surface area contributed by atoms with Crippen LogP contribution in [0.2, 0.25) is 5.15 Å². The number of alkyl halides is 2. The van der Waals surface area contributed by atoms with Gasteiger partial charge in [0.1, 0.15) is 6.61 Å². The Kier molecular flexibility index (Phi) is 4.76. The number of nitrogens with zero attached hydrogens (tertiary/aromatic N) is 1. The number of aromatic nitrogens is 2. The minimum atomic E-state index is -2.65. The van der Waals surface area contributed by atoms with E-state index in [1.807, 2.05) is 4.98 Å². The summed E-state index contributed by atoms with van der Waals surface area (Å²) in [5.74, 6) is -1.31. The largest absolute Gasteiger partial charge is 0.374 e. The molecule has 0 unspecified atom stereocenters. The summed E-state index contributed by atoms with van der Waals surface area (Å²) in [6.45, 7) is -1.47. The lowest BCUT2D eigenvalue weighted by Gasteiger charge is -2.06. The smallest absolute Gasteiger partial charge is 0.329 e. The summed E-state index contributed by atoms with van der Waals surface area (Å²) >= 11 is 5.22. The summed E-state index contributed by atoms with van der Waals surface area (Å²) in [5.41, 5.74) is -2.15. The van der Waals surface area contributed by atoms with Gasteiger partial charge < -0.3 is 4.74 Å². The molecule has 1 aromatic heterocycles. The van der Waals surface area contributed by atoms with Gasteiger partial charge in [0.05, 0.1) is 13.2 Å². The fraction of sp³-hybridized carbons (Fsp3) is 0.500. The van der Waals surface area contributed by atoms with E-state index < -0.39 is 35.3 Å². The van der Waals surface area contributed by atoms with Crippen LogP contribution >= 0.6 is 11.6 Å². The van der Waals surface area contributed by atoms with Gasteiger partial charge in [0.2, 0.25) is 5.82 Å². The number of rotatable bonds is 5. The Labute approximate surface area is 97.8 Å². The first-order valence-electron chi connectivity index (χ1n) is 4.47. The highest BCUT2D eigenvalue weighted by Crippen LogP contribution is 2.02. The van der Waals surface area contributed by atoms with Crippen LogP contribution in [0.15, 0.2) is 9.59 Å². The zero-order valence-corrected chi connectivity index (χ0v) is 9.14. The fourth-order valence-corrected chi connectivity index (χ4v) is 1.21. The first-order valence-corrected chi connectivity index (χ1v) is 4.85. The maximum Gasteiger partial charge on any atom is 0.329 e. The van der Waals surface area contributed by atoms with Crippen LogP contribution in [0.5, 0.6) is 0 Å². The molecule has 0 aliphatic rings. The van der Waals surface area contributed by atoms with E-state index in [0.29, 0.717) is 4.57 Å². The molecule has 1 aromatic rings. The summed E-state index contributed by atoms with van der Waals surface area (Å²) in [6, 6.07) is 0. The standard InChI is InChI=1S/C8H8ClF3N2O3/c9-6-5(12)7(15)14(8(16)13-6)1-2-17-3-4(10)11/h4H,1-3H2,(H,13,16). The second-order valence-electron chi connectivity index (χ2n) is 2.98. The zero-order chi connectivity index (χ0) is 13.0. The van der Waals surface area contributed by atoms with Gasteiger partial charge >= 0.3 is 5.69 Å². The molecule has 0 aliphatic heterocycles. The second kappa shape index (κ2) is 5.87. The van der Waals surface area contributed by atoms with E-state index >= 15 is 0 Å². The fourth-order valence-electron chi connectivity index (χ4n) is 1.05. The molecule has 17 heavy (non-hydrogen) atoms. The molecule has 1 rings (SSSR count). The van der Waals surface area contributed by atoms with E-state index in [2.05, 4.69) is 4.74 Å². The summed E-state index contributed by atoms with van der Waals surface area (Å²) < 4.78 is 41.3. The summed E-state index contributed by atoms with van der Waals surface area (Å²) in [6.07, 6.45) is -2.65. The summed E-state index contributed by atoms with van der Waals surface area (Å²) in [4.78, 5) is 24.3. The van der Waals surface area contributed by atoms with Crippen LogP contribution in [0.1, 0.15) is 0 Å². The van der Waals surface area contributed by atoms with Crippen LogP contribution in [-0.4, -0.2) is 29.2 Å². The molecule has 0 bridgehead atoms. The Balaban J connectivity index is 2.76. The number of hydrogen-bond acceptors (Lipinski definition) is 3. The Morgan fingerprint density at radius 3 is 2.65 bits per heavy atom. The van der Waals surface area contributed by atoms with Crippen LogP contribution in [0.25, 0.3) is 0 Å². The maximum atomic E-state index is 13.0. The Morgan fingerprint density at radius 2 is 2.06 bits per heavy atom. The van der Waals surface area contributed by atoms with Crippen molar-refractivity contribution in [3.8, 4) is 0 Å². The Morgan fingerprint density at radius 1 is 1.41 bits per heavy atom. The highest BCUT2D eigenvalue weighted by Gasteiger charge is 2.12. The molecule has 0 saturated carbocycles. The molecule has 0 spiro atoms. The van der Waals surface area contributed by atoms with Crippen LogP contribution in [0, 0.1) is 5.82 Å². The first-order chi connectivity index (χ1) is 7.93. The third-order valence-electron chi connectivity index (χ3n) is 1.79. The summed E-state index contributed by atoms with van der Waals surface area (Å²) in [5, 5.41) is -0.690. The van der Waals surface area contributed by atoms with E-state index in [1.165, 1.54) is 0 Å². The van der Waals surface area contributed by atoms with Crippen molar-refractivity contribution in [2.24, 2.45) is 0 Å². The van der Waals surface area contributed by atoms with E-state index in [9.17, 15) is 22.8 Å². The van der Waals surface area contributed by atoms with Crippen LogP contribution in [0.4, 0.5) is 13.2 Å².